The van der Waals surface area contributed by atoms with E-state index < -0.39 is 6.04 Å². The van der Waals surface area contributed by atoms with Crippen LogP contribution in [0, 0.1) is 13.8 Å². The molecule has 1 N–H and O–H groups in total. The lowest BCUT2D eigenvalue weighted by molar-refractivity contribution is -0.127. The minimum absolute atomic E-state index is 0.0640. The molecule has 0 bridgehead atoms. The molecule has 0 unspecified atom stereocenters. The van der Waals surface area contributed by atoms with Gasteiger partial charge in [0.1, 0.15) is 23.9 Å². The molecular weight excluding hydrogens is 490 g/mol. The molecule has 202 valence electrons. The second kappa shape index (κ2) is 11.7. The van der Waals surface area contributed by atoms with Crippen LogP contribution in [0.5, 0.6) is 5.75 Å². The summed E-state index contributed by atoms with van der Waals surface area (Å²) < 4.78 is 7.10. The summed E-state index contributed by atoms with van der Waals surface area (Å²) in [5, 5.41) is 11.8. The van der Waals surface area contributed by atoms with Gasteiger partial charge in [-0.3, -0.25) is 14.5 Å². The summed E-state index contributed by atoms with van der Waals surface area (Å²) in [6, 6.07) is 20.0. The van der Waals surface area contributed by atoms with Crippen molar-refractivity contribution in [3.63, 3.8) is 0 Å². The topological polar surface area (TPSA) is 89.4 Å². The monoisotopic (exact) mass is 525 g/mol. The van der Waals surface area contributed by atoms with Crippen LogP contribution in [0.4, 0.5) is 5.69 Å². The van der Waals surface area contributed by atoms with Gasteiger partial charge in [0, 0.05) is 6.04 Å². The van der Waals surface area contributed by atoms with Crippen molar-refractivity contribution in [1.82, 2.24) is 20.3 Å². The predicted molar refractivity (Wildman–Crippen MR) is 152 cm³/mol. The Kier molecular flexibility index (Phi) is 7.91. The van der Waals surface area contributed by atoms with E-state index in [1.807, 2.05) is 80.6 Å². The number of nitrogens with one attached hydrogen (secondary N) is 1. The summed E-state index contributed by atoms with van der Waals surface area (Å²) >= 11 is 0. The molecule has 1 aromatic heterocycles. The Bertz CT molecular complexity index is 1450. The van der Waals surface area contributed by atoms with Crippen molar-refractivity contribution in [2.45, 2.75) is 64.6 Å². The van der Waals surface area contributed by atoms with Gasteiger partial charge in [-0.1, -0.05) is 66.9 Å². The van der Waals surface area contributed by atoms with E-state index in [0.717, 1.165) is 48.0 Å². The largest absolute Gasteiger partial charge is 0.497 e. The third-order valence-electron chi connectivity index (χ3n) is 7.52. The fourth-order valence-electron chi connectivity index (χ4n) is 5.58. The van der Waals surface area contributed by atoms with E-state index in [1.54, 1.807) is 16.7 Å². The van der Waals surface area contributed by atoms with E-state index in [-0.39, 0.29) is 24.4 Å². The molecule has 8 nitrogen and oxygen atoms in total. The molecule has 1 aliphatic carbocycles. The minimum atomic E-state index is -0.899. The molecule has 0 aliphatic heterocycles. The molecule has 4 aromatic rings. The molecule has 2 amide bonds. The lowest BCUT2D eigenvalue weighted by Crippen LogP contribution is -2.48. The van der Waals surface area contributed by atoms with Crippen molar-refractivity contribution in [1.29, 1.82) is 0 Å². The summed E-state index contributed by atoms with van der Waals surface area (Å²) in [7, 11) is 1.60. The normalized spacial score (nSPS) is 14.6. The first kappa shape index (κ1) is 26.4. The molecule has 1 heterocycles. The van der Waals surface area contributed by atoms with Crippen LogP contribution >= 0.6 is 0 Å². The minimum Gasteiger partial charge on any atom is -0.497 e. The van der Waals surface area contributed by atoms with Gasteiger partial charge < -0.3 is 10.1 Å². The van der Waals surface area contributed by atoms with Gasteiger partial charge in [0.25, 0.3) is 0 Å². The molecule has 0 saturated heterocycles. The number of aryl methyl sites for hydroxylation is 2. The molecule has 1 fully saturated rings. The number of aromatic nitrogens is 3. The molecule has 1 saturated carbocycles. The Labute approximate surface area is 229 Å². The van der Waals surface area contributed by atoms with E-state index >= 15 is 0 Å². The second-order valence-electron chi connectivity index (χ2n) is 10.3. The van der Waals surface area contributed by atoms with E-state index in [1.165, 1.54) is 6.42 Å². The van der Waals surface area contributed by atoms with Crippen molar-refractivity contribution < 1.29 is 14.3 Å². The number of para-hydroxylation sites is 2. The van der Waals surface area contributed by atoms with Crippen LogP contribution < -0.4 is 15.0 Å². The maximum Gasteiger partial charge on any atom is 0.249 e. The number of carbonyl (C=O) groups is 2. The molecule has 3 aromatic carbocycles. The van der Waals surface area contributed by atoms with Gasteiger partial charge in [0.2, 0.25) is 11.8 Å². The number of amides is 2. The van der Waals surface area contributed by atoms with Gasteiger partial charge in [0.15, 0.2) is 0 Å². The van der Waals surface area contributed by atoms with Crippen molar-refractivity contribution in [3.8, 4) is 5.75 Å². The van der Waals surface area contributed by atoms with Gasteiger partial charge >= 0.3 is 0 Å². The Morgan fingerprint density at radius 3 is 2.46 bits per heavy atom. The Morgan fingerprint density at radius 1 is 1.00 bits per heavy atom. The van der Waals surface area contributed by atoms with Crippen LogP contribution in [0.25, 0.3) is 11.0 Å². The standard InChI is InChI=1S/C31H35N5O3/c1-21-11-9-12-22(2)29(21)36(28(37)20-35-27-18-8-7-17-26(27)33-34-35)30(23-13-10-16-25(19-23)39-3)31(38)32-24-14-5-4-6-15-24/h7-13,16-19,24,30H,4-6,14-15,20H2,1-3H3,(H,32,38)/t30-/m0/s1. The zero-order chi connectivity index (χ0) is 27.4. The highest BCUT2D eigenvalue weighted by Crippen LogP contribution is 2.35. The van der Waals surface area contributed by atoms with Crippen LogP contribution in [0.1, 0.15) is 54.8 Å². The van der Waals surface area contributed by atoms with Crippen molar-refractivity contribution in [2.24, 2.45) is 0 Å². The maximum atomic E-state index is 14.4. The average molecular weight is 526 g/mol. The van der Waals surface area contributed by atoms with Crippen LogP contribution in [0.15, 0.2) is 66.7 Å². The van der Waals surface area contributed by atoms with Crippen molar-refractivity contribution in [2.75, 3.05) is 12.0 Å². The van der Waals surface area contributed by atoms with Gasteiger partial charge in [0.05, 0.1) is 18.3 Å². The number of hydrogen-bond acceptors (Lipinski definition) is 5. The van der Waals surface area contributed by atoms with Crippen molar-refractivity contribution >= 4 is 28.5 Å². The number of anilines is 1. The molecule has 1 aliphatic rings. The lowest BCUT2D eigenvalue weighted by atomic mass is 9.94. The molecule has 0 radical (unpaired) electrons. The Morgan fingerprint density at radius 2 is 1.72 bits per heavy atom. The number of methoxy groups -OCH3 is 1. The lowest BCUT2D eigenvalue weighted by Gasteiger charge is -2.35. The van der Waals surface area contributed by atoms with Crippen LogP contribution in [0.2, 0.25) is 0 Å². The highest BCUT2D eigenvalue weighted by molar-refractivity contribution is 6.02. The first-order valence-corrected chi connectivity index (χ1v) is 13.6. The maximum absolute atomic E-state index is 14.4. The van der Waals surface area contributed by atoms with Crippen LogP contribution in [-0.4, -0.2) is 40.0 Å². The van der Waals surface area contributed by atoms with Crippen molar-refractivity contribution in [3.05, 3.63) is 83.4 Å². The number of ether oxygens (including phenoxy) is 1. The van der Waals surface area contributed by atoms with E-state index in [0.29, 0.717) is 16.8 Å². The first-order chi connectivity index (χ1) is 19.0. The summed E-state index contributed by atoms with van der Waals surface area (Å²) in [6.07, 6.45) is 5.25. The summed E-state index contributed by atoms with van der Waals surface area (Å²) in [6.45, 7) is 3.87. The number of rotatable bonds is 8. The predicted octanol–water partition coefficient (Wildman–Crippen LogP) is 5.28. The smallest absolute Gasteiger partial charge is 0.249 e. The van der Waals surface area contributed by atoms with E-state index in [2.05, 4.69) is 15.6 Å². The number of hydrogen-bond donors (Lipinski definition) is 1. The van der Waals surface area contributed by atoms with Gasteiger partial charge in [-0.25, -0.2) is 4.68 Å². The van der Waals surface area contributed by atoms with Gasteiger partial charge in [-0.15, -0.1) is 5.10 Å². The fraction of sp³-hybridized carbons (Fsp3) is 0.355. The Hall–Kier alpha value is -4.20. The van der Waals surface area contributed by atoms with E-state index in [9.17, 15) is 9.59 Å². The molecule has 5 rings (SSSR count). The number of fused-ring (bicyclic) bond motifs is 1. The summed E-state index contributed by atoms with van der Waals surface area (Å²) in [4.78, 5) is 30.2. The van der Waals surface area contributed by atoms with Crippen LogP contribution in [-0.2, 0) is 16.1 Å². The highest BCUT2D eigenvalue weighted by Gasteiger charge is 2.36. The van der Waals surface area contributed by atoms with Gasteiger partial charge in [-0.2, -0.15) is 0 Å². The molecule has 39 heavy (non-hydrogen) atoms. The molecule has 1 atom stereocenters. The number of carbonyl (C=O) groups excluding carboxylic acids is 2. The van der Waals surface area contributed by atoms with E-state index in [4.69, 9.17) is 4.74 Å². The quantitative estimate of drug-likeness (QED) is 0.338. The molecule has 0 spiro atoms. The summed E-state index contributed by atoms with van der Waals surface area (Å²) in [5.74, 6) is 0.170. The summed E-state index contributed by atoms with van der Waals surface area (Å²) in [5.41, 5.74) is 4.69. The number of nitrogens with zero attached hydrogens (tertiary/aromatic N) is 4. The Balaban J connectivity index is 1.62. The third-order valence-corrected chi connectivity index (χ3v) is 7.52. The van der Waals surface area contributed by atoms with Gasteiger partial charge in [-0.05, 0) is 67.6 Å². The first-order valence-electron chi connectivity index (χ1n) is 13.6. The second-order valence-corrected chi connectivity index (χ2v) is 10.3. The molecule has 8 heteroatoms. The number of benzene rings is 3. The zero-order valence-corrected chi connectivity index (χ0v) is 22.8. The molecular formula is C31H35N5O3. The third kappa shape index (κ3) is 5.65. The zero-order valence-electron chi connectivity index (χ0n) is 22.8. The van der Waals surface area contributed by atoms with Crippen LogP contribution in [0.3, 0.4) is 0 Å². The highest BCUT2D eigenvalue weighted by atomic mass is 16.5. The SMILES string of the molecule is COc1cccc([C@@H](C(=O)NC2CCCCC2)N(C(=O)Cn2nnc3ccccc32)c2c(C)cccc2C)c1. The average Bonchev–Trinajstić information content (AvgIpc) is 3.35. The fourth-order valence-corrected chi connectivity index (χ4v) is 5.58.